The summed E-state index contributed by atoms with van der Waals surface area (Å²) in [6.07, 6.45) is 0.0205. The molecule has 6 nitrogen and oxygen atoms in total. The largest absolute Gasteiger partial charge is 0.486 e. The van der Waals surface area contributed by atoms with E-state index in [1.54, 1.807) is 4.90 Å². The van der Waals surface area contributed by atoms with E-state index in [0.717, 1.165) is 16.3 Å². The Morgan fingerprint density at radius 1 is 1.15 bits per heavy atom. The molecule has 140 valence electrons. The third-order valence-electron chi connectivity index (χ3n) is 4.47. The van der Waals surface area contributed by atoms with Crippen LogP contribution in [0.4, 0.5) is 5.69 Å². The third kappa shape index (κ3) is 4.03. The molecule has 7 heteroatoms. The van der Waals surface area contributed by atoms with Gasteiger partial charge in [-0.05, 0) is 24.3 Å². The SMILES string of the molecule is O=C(CCN1C(=O)CSc2ccccc21)NC[C@H]1COc2ccccc2O1. The Bertz CT molecular complexity index is 857. The minimum absolute atomic E-state index is 0.0344. The van der Waals surface area contributed by atoms with Crippen molar-refractivity contribution in [1.29, 1.82) is 0 Å². The second kappa shape index (κ2) is 7.92. The highest BCUT2D eigenvalue weighted by atomic mass is 32.2. The van der Waals surface area contributed by atoms with Crippen LogP contribution < -0.4 is 19.7 Å². The van der Waals surface area contributed by atoms with E-state index in [9.17, 15) is 9.59 Å². The summed E-state index contributed by atoms with van der Waals surface area (Å²) in [4.78, 5) is 27.2. The van der Waals surface area contributed by atoms with Crippen LogP contribution >= 0.6 is 11.8 Å². The van der Waals surface area contributed by atoms with E-state index >= 15 is 0 Å². The van der Waals surface area contributed by atoms with Crippen molar-refractivity contribution in [3.63, 3.8) is 0 Å². The first-order chi connectivity index (χ1) is 13.2. The van der Waals surface area contributed by atoms with Crippen LogP contribution in [-0.2, 0) is 9.59 Å². The Morgan fingerprint density at radius 3 is 2.81 bits per heavy atom. The van der Waals surface area contributed by atoms with Gasteiger partial charge in [0.15, 0.2) is 11.5 Å². The minimum Gasteiger partial charge on any atom is -0.486 e. The molecule has 27 heavy (non-hydrogen) atoms. The van der Waals surface area contributed by atoms with Crippen LogP contribution in [0.5, 0.6) is 11.5 Å². The predicted octanol–water partition coefficient (Wildman–Crippen LogP) is 2.47. The summed E-state index contributed by atoms with van der Waals surface area (Å²) in [6, 6.07) is 15.3. The number of rotatable bonds is 5. The normalized spacial score (nSPS) is 18.0. The van der Waals surface area contributed by atoms with Gasteiger partial charge in [0.25, 0.3) is 0 Å². The van der Waals surface area contributed by atoms with Crippen LogP contribution in [0.2, 0.25) is 0 Å². The van der Waals surface area contributed by atoms with Crippen LogP contribution in [-0.4, -0.2) is 43.4 Å². The summed E-state index contributed by atoms with van der Waals surface area (Å²) in [5, 5.41) is 2.87. The minimum atomic E-state index is -0.224. The monoisotopic (exact) mass is 384 g/mol. The molecule has 2 aromatic carbocycles. The number of carbonyl (C=O) groups is 2. The zero-order valence-corrected chi connectivity index (χ0v) is 15.5. The first kappa shape index (κ1) is 17.7. The van der Waals surface area contributed by atoms with Crippen molar-refractivity contribution in [3.05, 3.63) is 48.5 Å². The number of benzene rings is 2. The Balaban J connectivity index is 1.28. The second-order valence-corrected chi connectivity index (χ2v) is 7.37. The summed E-state index contributed by atoms with van der Waals surface area (Å²) in [5.74, 6) is 1.75. The van der Waals surface area contributed by atoms with Crippen molar-refractivity contribution in [2.24, 2.45) is 0 Å². The van der Waals surface area contributed by atoms with Gasteiger partial charge in [-0.2, -0.15) is 0 Å². The maximum absolute atomic E-state index is 12.2. The standard InChI is InChI=1S/C20H20N2O4S/c23-19(21-11-14-12-25-16-6-2-3-7-17(16)26-14)9-10-22-15-5-1-4-8-18(15)27-13-20(22)24/h1-8,14H,9-13H2,(H,21,23)/t14-/m0/s1. The molecule has 0 unspecified atom stereocenters. The number of hydrogen-bond donors (Lipinski definition) is 1. The molecule has 0 fully saturated rings. The lowest BCUT2D eigenvalue weighted by molar-refractivity contribution is -0.121. The summed E-state index contributed by atoms with van der Waals surface area (Å²) in [7, 11) is 0. The predicted molar refractivity (Wildman–Crippen MR) is 103 cm³/mol. The van der Waals surface area contributed by atoms with E-state index in [4.69, 9.17) is 9.47 Å². The van der Waals surface area contributed by atoms with Gasteiger partial charge in [0.1, 0.15) is 12.7 Å². The van der Waals surface area contributed by atoms with Crippen LogP contribution in [0, 0.1) is 0 Å². The molecule has 0 aromatic heterocycles. The Labute approximate surface area is 161 Å². The number of carbonyl (C=O) groups excluding carboxylic acids is 2. The number of fused-ring (bicyclic) bond motifs is 2. The lowest BCUT2D eigenvalue weighted by atomic mass is 10.2. The fourth-order valence-corrected chi connectivity index (χ4v) is 4.03. The lowest BCUT2D eigenvalue weighted by Crippen LogP contribution is -2.42. The van der Waals surface area contributed by atoms with Gasteiger partial charge in [-0.3, -0.25) is 9.59 Å². The highest BCUT2D eigenvalue weighted by Gasteiger charge is 2.25. The lowest BCUT2D eigenvalue weighted by Gasteiger charge is -2.29. The van der Waals surface area contributed by atoms with Crippen molar-refractivity contribution in [1.82, 2.24) is 5.32 Å². The molecule has 1 atom stereocenters. The van der Waals surface area contributed by atoms with Crippen molar-refractivity contribution >= 4 is 29.3 Å². The average Bonchev–Trinajstić information content (AvgIpc) is 2.71. The molecule has 2 heterocycles. The van der Waals surface area contributed by atoms with Crippen LogP contribution in [0.1, 0.15) is 6.42 Å². The molecule has 0 aliphatic carbocycles. The Kier molecular flexibility index (Phi) is 5.20. The molecule has 2 amide bonds. The van der Waals surface area contributed by atoms with E-state index in [1.807, 2.05) is 48.5 Å². The molecule has 0 saturated carbocycles. The van der Waals surface area contributed by atoms with E-state index < -0.39 is 0 Å². The number of ether oxygens (including phenoxy) is 2. The van der Waals surface area contributed by atoms with Gasteiger partial charge in [-0.25, -0.2) is 0 Å². The number of amides is 2. The van der Waals surface area contributed by atoms with Crippen molar-refractivity contribution in [2.45, 2.75) is 17.4 Å². The van der Waals surface area contributed by atoms with E-state index in [0.29, 0.717) is 31.2 Å². The number of hydrogen-bond acceptors (Lipinski definition) is 5. The van der Waals surface area contributed by atoms with Gasteiger partial charge < -0.3 is 19.7 Å². The molecule has 2 aliphatic rings. The van der Waals surface area contributed by atoms with Crippen LogP contribution in [0.15, 0.2) is 53.4 Å². The maximum atomic E-state index is 12.2. The quantitative estimate of drug-likeness (QED) is 0.858. The Morgan fingerprint density at radius 2 is 1.93 bits per heavy atom. The van der Waals surface area contributed by atoms with Crippen molar-refractivity contribution < 1.29 is 19.1 Å². The summed E-state index contributed by atoms with van der Waals surface area (Å²) >= 11 is 1.54. The van der Waals surface area contributed by atoms with Gasteiger partial charge in [0.2, 0.25) is 11.8 Å². The number of anilines is 1. The highest BCUT2D eigenvalue weighted by Crippen LogP contribution is 2.35. The smallest absolute Gasteiger partial charge is 0.237 e. The van der Waals surface area contributed by atoms with Crippen LogP contribution in [0.25, 0.3) is 0 Å². The average molecular weight is 384 g/mol. The molecule has 2 aromatic rings. The summed E-state index contributed by atoms with van der Waals surface area (Å²) in [6.45, 7) is 1.13. The maximum Gasteiger partial charge on any atom is 0.237 e. The van der Waals surface area contributed by atoms with E-state index in [-0.39, 0.29) is 24.3 Å². The number of nitrogens with one attached hydrogen (secondary N) is 1. The molecule has 0 bridgehead atoms. The zero-order chi connectivity index (χ0) is 18.6. The first-order valence-corrected chi connectivity index (χ1v) is 9.86. The van der Waals surface area contributed by atoms with Crippen molar-refractivity contribution in [2.75, 3.05) is 30.3 Å². The fraction of sp³-hybridized carbons (Fsp3) is 0.300. The van der Waals surface area contributed by atoms with Gasteiger partial charge in [0, 0.05) is 17.9 Å². The van der Waals surface area contributed by atoms with Gasteiger partial charge in [-0.15, -0.1) is 11.8 Å². The summed E-state index contributed by atoms with van der Waals surface area (Å²) in [5.41, 5.74) is 0.882. The van der Waals surface area contributed by atoms with E-state index in [1.165, 1.54) is 11.8 Å². The molecule has 0 spiro atoms. The van der Waals surface area contributed by atoms with Gasteiger partial charge in [-0.1, -0.05) is 24.3 Å². The fourth-order valence-electron chi connectivity index (χ4n) is 3.09. The van der Waals surface area contributed by atoms with Gasteiger partial charge in [0.05, 0.1) is 18.0 Å². The molecular weight excluding hydrogens is 364 g/mol. The highest BCUT2D eigenvalue weighted by molar-refractivity contribution is 8.00. The first-order valence-electron chi connectivity index (χ1n) is 8.88. The van der Waals surface area contributed by atoms with Crippen LogP contribution in [0.3, 0.4) is 0 Å². The van der Waals surface area contributed by atoms with E-state index in [2.05, 4.69) is 5.32 Å². The molecular formula is C20H20N2O4S. The number of thioether (sulfide) groups is 1. The van der Waals surface area contributed by atoms with Gasteiger partial charge >= 0.3 is 0 Å². The number of para-hydroxylation sites is 3. The van der Waals surface area contributed by atoms with Crippen molar-refractivity contribution in [3.8, 4) is 11.5 Å². The summed E-state index contributed by atoms with van der Waals surface area (Å²) < 4.78 is 11.5. The molecule has 0 saturated heterocycles. The molecule has 4 rings (SSSR count). The molecule has 2 aliphatic heterocycles. The zero-order valence-electron chi connectivity index (χ0n) is 14.7. The topological polar surface area (TPSA) is 67.9 Å². The molecule has 0 radical (unpaired) electrons. The third-order valence-corrected chi connectivity index (χ3v) is 5.51. The Hall–Kier alpha value is -2.67. The molecule has 1 N–H and O–H groups in total. The second-order valence-electron chi connectivity index (χ2n) is 6.35. The number of nitrogens with zero attached hydrogens (tertiary/aromatic N) is 1.